The number of benzene rings is 1. The first-order valence-electron chi connectivity index (χ1n) is 7.25. The third-order valence-corrected chi connectivity index (χ3v) is 4.09. The third-order valence-electron chi connectivity index (χ3n) is 4.09. The summed E-state index contributed by atoms with van der Waals surface area (Å²) in [6.45, 7) is 10.4. The van der Waals surface area contributed by atoms with Crippen LogP contribution >= 0.6 is 0 Å². The zero-order chi connectivity index (χ0) is 13.0. The van der Waals surface area contributed by atoms with Crippen molar-refractivity contribution in [1.82, 2.24) is 4.90 Å². The molecule has 1 aliphatic heterocycles. The van der Waals surface area contributed by atoms with Gasteiger partial charge >= 0.3 is 0 Å². The molecule has 100 valence electrons. The summed E-state index contributed by atoms with van der Waals surface area (Å²) in [6.07, 6.45) is 3.82. The van der Waals surface area contributed by atoms with Crippen molar-refractivity contribution < 1.29 is 0 Å². The van der Waals surface area contributed by atoms with Crippen molar-refractivity contribution in [2.75, 3.05) is 25.0 Å². The molecule has 0 radical (unpaired) electrons. The molecule has 1 heterocycles. The number of rotatable bonds is 4. The van der Waals surface area contributed by atoms with Crippen LogP contribution in [0.25, 0.3) is 0 Å². The van der Waals surface area contributed by atoms with Crippen LogP contribution in [0.2, 0.25) is 0 Å². The van der Waals surface area contributed by atoms with Gasteiger partial charge in [-0.3, -0.25) is 0 Å². The molecule has 1 aromatic rings. The van der Waals surface area contributed by atoms with Gasteiger partial charge in [0.2, 0.25) is 0 Å². The lowest BCUT2D eigenvalue weighted by Gasteiger charge is -2.33. The maximum atomic E-state index is 3.73. The number of nitrogens with zero attached hydrogens (tertiary/aromatic N) is 1. The average molecular weight is 246 g/mol. The summed E-state index contributed by atoms with van der Waals surface area (Å²) in [4.78, 5) is 2.58. The molecule has 0 saturated carbocycles. The molecule has 1 N–H and O–H groups in total. The number of aryl methyl sites for hydroxylation is 1. The van der Waals surface area contributed by atoms with E-state index < -0.39 is 0 Å². The fourth-order valence-electron chi connectivity index (χ4n) is 2.74. The highest BCUT2D eigenvalue weighted by Gasteiger charge is 2.18. The van der Waals surface area contributed by atoms with E-state index in [1.807, 2.05) is 0 Å². The van der Waals surface area contributed by atoms with Crippen molar-refractivity contribution in [2.24, 2.45) is 0 Å². The number of hydrogen-bond acceptors (Lipinski definition) is 2. The van der Waals surface area contributed by atoms with Gasteiger partial charge in [0.05, 0.1) is 0 Å². The van der Waals surface area contributed by atoms with Crippen molar-refractivity contribution in [3.8, 4) is 0 Å². The maximum absolute atomic E-state index is 3.73. The van der Waals surface area contributed by atoms with Gasteiger partial charge in [0, 0.05) is 24.8 Å². The molecular formula is C16H26N2. The quantitative estimate of drug-likeness (QED) is 0.873. The second-order valence-electron chi connectivity index (χ2n) is 5.51. The van der Waals surface area contributed by atoms with Crippen LogP contribution in [0.4, 0.5) is 5.69 Å². The first kappa shape index (κ1) is 13.4. The van der Waals surface area contributed by atoms with Gasteiger partial charge in [-0.25, -0.2) is 0 Å². The van der Waals surface area contributed by atoms with Crippen molar-refractivity contribution >= 4 is 5.69 Å². The van der Waals surface area contributed by atoms with E-state index in [0.29, 0.717) is 6.04 Å². The lowest BCUT2D eigenvalue weighted by Crippen LogP contribution is -2.39. The second kappa shape index (κ2) is 6.24. The predicted molar refractivity (Wildman–Crippen MR) is 79.3 cm³/mol. The van der Waals surface area contributed by atoms with E-state index in [-0.39, 0.29) is 0 Å². The normalized spacial score (nSPS) is 17.9. The van der Waals surface area contributed by atoms with Crippen LogP contribution in [-0.4, -0.2) is 30.6 Å². The molecule has 2 heteroatoms. The molecule has 0 amide bonds. The Morgan fingerprint density at radius 2 is 1.94 bits per heavy atom. The average Bonchev–Trinajstić information content (AvgIpc) is 2.38. The topological polar surface area (TPSA) is 15.3 Å². The predicted octanol–water partition coefficient (Wildman–Crippen LogP) is 3.59. The summed E-state index contributed by atoms with van der Waals surface area (Å²) in [5.74, 6) is 0. The monoisotopic (exact) mass is 246 g/mol. The van der Waals surface area contributed by atoms with Crippen LogP contribution in [0, 0.1) is 13.8 Å². The van der Waals surface area contributed by atoms with Crippen molar-refractivity contribution in [3.05, 3.63) is 29.3 Å². The lowest BCUT2D eigenvalue weighted by atomic mass is 10.0. The Morgan fingerprint density at radius 3 is 2.61 bits per heavy atom. The van der Waals surface area contributed by atoms with Gasteiger partial charge in [0.15, 0.2) is 0 Å². The van der Waals surface area contributed by atoms with Crippen LogP contribution < -0.4 is 5.32 Å². The van der Waals surface area contributed by atoms with E-state index in [1.165, 1.54) is 55.7 Å². The Kier molecular flexibility index (Phi) is 4.65. The van der Waals surface area contributed by atoms with Gasteiger partial charge in [-0.05, 0) is 56.8 Å². The molecule has 1 fully saturated rings. The Bertz CT molecular complexity index is 379. The molecular weight excluding hydrogens is 220 g/mol. The fourth-order valence-corrected chi connectivity index (χ4v) is 2.74. The minimum Gasteiger partial charge on any atom is -0.382 e. The molecule has 0 atom stereocenters. The molecule has 1 aliphatic rings. The molecule has 0 bridgehead atoms. The molecule has 0 spiro atoms. The van der Waals surface area contributed by atoms with Gasteiger partial charge in [-0.15, -0.1) is 0 Å². The molecule has 0 unspecified atom stereocenters. The number of hydrogen-bond donors (Lipinski definition) is 1. The maximum Gasteiger partial charge on any atom is 0.0374 e. The van der Waals surface area contributed by atoms with Gasteiger partial charge in [-0.2, -0.15) is 0 Å². The first-order chi connectivity index (χ1) is 8.70. The highest BCUT2D eigenvalue weighted by Crippen LogP contribution is 2.22. The fraction of sp³-hybridized carbons (Fsp3) is 0.625. The van der Waals surface area contributed by atoms with Gasteiger partial charge < -0.3 is 10.2 Å². The number of nitrogens with one attached hydrogen (secondary N) is 1. The van der Waals surface area contributed by atoms with Crippen LogP contribution in [0.15, 0.2) is 18.2 Å². The smallest absolute Gasteiger partial charge is 0.0374 e. The highest BCUT2D eigenvalue weighted by molar-refractivity contribution is 5.54. The standard InChI is InChI=1S/C16H26N2/c1-4-10-18-11-8-15(9-12-18)17-16-7-5-6-13(2)14(16)3/h5-7,15,17H,4,8-12H2,1-3H3. The molecule has 0 aliphatic carbocycles. The number of piperidine rings is 1. The third kappa shape index (κ3) is 3.26. The molecule has 2 nitrogen and oxygen atoms in total. The van der Waals surface area contributed by atoms with Gasteiger partial charge in [-0.1, -0.05) is 19.1 Å². The van der Waals surface area contributed by atoms with Crippen molar-refractivity contribution in [2.45, 2.75) is 46.1 Å². The number of anilines is 1. The molecule has 18 heavy (non-hydrogen) atoms. The molecule has 1 saturated heterocycles. The van der Waals surface area contributed by atoms with E-state index in [9.17, 15) is 0 Å². The Balaban J connectivity index is 1.90. The van der Waals surface area contributed by atoms with Crippen molar-refractivity contribution in [1.29, 1.82) is 0 Å². The Labute approximate surface area is 111 Å². The van der Waals surface area contributed by atoms with Crippen LogP contribution in [0.5, 0.6) is 0 Å². The Hall–Kier alpha value is -1.02. The second-order valence-corrected chi connectivity index (χ2v) is 5.51. The Morgan fingerprint density at radius 1 is 1.22 bits per heavy atom. The summed E-state index contributed by atoms with van der Waals surface area (Å²) >= 11 is 0. The van der Waals surface area contributed by atoms with E-state index in [2.05, 4.69) is 49.2 Å². The molecule has 2 rings (SSSR count). The summed E-state index contributed by atoms with van der Waals surface area (Å²) in [5.41, 5.74) is 4.10. The highest BCUT2D eigenvalue weighted by atomic mass is 15.1. The summed E-state index contributed by atoms with van der Waals surface area (Å²) in [6, 6.07) is 7.20. The van der Waals surface area contributed by atoms with Crippen LogP contribution in [0.1, 0.15) is 37.3 Å². The van der Waals surface area contributed by atoms with E-state index >= 15 is 0 Å². The lowest BCUT2D eigenvalue weighted by molar-refractivity contribution is 0.219. The van der Waals surface area contributed by atoms with Gasteiger partial charge in [0.25, 0.3) is 0 Å². The van der Waals surface area contributed by atoms with Crippen LogP contribution in [-0.2, 0) is 0 Å². The summed E-state index contributed by atoms with van der Waals surface area (Å²) in [5, 5.41) is 3.73. The van der Waals surface area contributed by atoms with Crippen LogP contribution in [0.3, 0.4) is 0 Å². The summed E-state index contributed by atoms with van der Waals surface area (Å²) < 4.78 is 0. The SMILES string of the molecule is CCCN1CCC(Nc2cccc(C)c2C)CC1. The largest absolute Gasteiger partial charge is 0.382 e. The van der Waals surface area contributed by atoms with E-state index in [4.69, 9.17) is 0 Å². The van der Waals surface area contributed by atoms with Gasteiger partial charge in [0.1, 0.15) is 0 Å². The minimum absolute atomic E-state index is 0.651. The van der Waals surface area contributed by atoms with Crippen molar-refractivity contribution in [3.63, 3.8) is 0 Å². The zero-order valence-corrected chi connectivity index (χ0v) is 12.0. The van der Waals surface area contributed by atoms with E-state index in [0.717, 1.165) is 0 Å². The molecule has 0 aromatic heterocycles. The summed E-state index contributed by atoms with van der Waals surface area (Å²) in [7, 11) is 0. The first-order valence-corrected chi connectivity index (χ1v) is 7.25. The number of likely N-dealkylation sites (tertiary alicyclic amines) is 1. The van der Waals surface area contributed by atoms with E-state index in [1.54, 1.807) is 0 Å². The molecule has 1 aromatic carbocycles. The minimum atomic E-state index is 0.651. The zero-order valence-electron chi connectivity index (χ0n) is 12.0.